The zero-order chi connectivity index (χ0) is 20.1. The van der Waals surface area contributed by atoms with E-state index >= 15 is 0 Å². The number of piperidine rings is 1. The van der Waals surface area contributed by atoms with E-state index in [0.717, 1.165) is 24.5 Å². The highest BCUT2D eigenvalue weighted by Crippen LogP contribution is 2.22. The van der Waals surface area contributed by atoms with E-state index in [4.69, 9.17) is 4.42 Å². The molecule has 150 valence electrons. The van der Waals surface area contributed by atoms with Gasteiger partial charge in [-0.15, -0.1) is 0 Å². The minimum Gasteiger partial charge on any atom is -0.467 e. The molecule has 7 heteroatoms. The van der Waals surface area contributed by atoms with Gasteiger partial charge < -0.3 is 20.0 Å². The van der Waals surface area contributed by atoms with Crippen LogP contribution in [0.25, 0.3) is 0 Å². The molecule has 1 aliphatic heterocycles. The number of aromatic nitrogens is 2. The number of nitrogens with one attached hydrogen (secondary N) is 2. The molecule has 1 saturated heterocycles. The Morgan fingerprint density at radius 3 is 2.62 bits per heavy atom. The number of furan rings is 1. The lowest BCUT2D eigenvalue weighted by molar-refractivity contribution is 0.102. The van der Waals surface area contributed by atoms with Crippen LogP contribution in [-0.4, -0.2) is 29.0 Å². The fourth-order valence-corrected chi connectivity index (χ4v) is 3.45. The highest BCUT2D eigenvalue weighted by atomic mass is 16.3. The maximum atomic E-state index is 12.7. The van der Waals surface area contributed by atoms with Crippen LogP contribution in [0.5, 0.6) is 0 Å². The molecule has 3 aromatic rings. The van der Waals surface area contributed by atoms with Crippen molar-refractivity contribution in [3.63, 3.8) is 0 Å². The fourth-order valence-electron chi connectivity index (χ4n) is 3.45. The molecular weight excluding hydrogens is 366 g/mol. The predicted molar refractivity (Wildman–Crippen MR) is 113 cm³/mol. The van der Waals surface area contributed by atoms with Gasteiger partial charge in [0.25, 0.3) is 5.91 Å². The van der Waals surface area contributed by atoms with Gasteiger partial charge in [0.2, 0.25) is 5.95 Å². The summed E-state index contributed by atoms with van der Waals surface area (Å²) in [6.45, 7) is 4.48. The second kappa shape index (κ2) is 8.77. The van der Waals surface area contributed by atoms with Gasteiger partial charge >= 0.3 is 0 Å². The van der Waals surface area contributed by atoms with Crippen molar-refractivity contribution in [3.8, 4) is 0 Å². The number of anilines is 3. The van der Waals surface area contributed by atoms with Crippen LogP contribution in [0.15, 0.2) is 53.1 Å². The van der Waals surface area contributed by atoms with Gasteiger partial charge in [-0.05, 0) is 68.7 Å². The van der Waals surface area contributed by atoms with Crippen molar-refractivity contribution in [2.75, 3.05) is 28.6 Å². The fraction of sp³-hybridized carbons (Fsp3) is 0.318. The standard InChI is InChI=1S/C22H25N5O2/c1-16-14-20(26-22(24-16)23-15-19-6-5-13-29-19)21(28)25-17-7-9-18(10-8-17)27-11-3-2-4-12-27/h5-10,13-14H,2-4,11-12,15H2,1H3,(H,25,28)(H,23,24,26). The Morgan fingerprint density at radius 2 is 1.90 bits per heavy atom. The van der Waals surface area contributed by atoms with E-state index in [1.165, 1.54) is 24.9 Å². The largest absolute Gasteiger partial charge is 0.467 e. The summed E-state index contributed by atoms with van der Waals surface area (Å²) < 4.78 is 5.29. The number of hydrogen-bond donors (Lipinski definition) is 2. The van der Waals surface area contributed by atoms with Crippen LogP contribution < -0.4 is 15.5 Å². The summed E-state index contributed by atoms with van der Waals surface area (Å²) in [4.78, 5) is 23.7. The summed E-state index contributed by atoms with van der Waals surface area (Å²) in [7, 11) is 0. The molecule has 7 nitrogen and oxygen atoms in total. The second-order valence-electron chi connectivity index (χ2n) is 7.20. The quantitative estimate of drug-likeness (QED) is 0.654. The van der Waals surface area contributed by atoms with E-state index in [9.17, 15) is 4.79 Å². The van der Waals surface area contributed by atoms with Crippen LogP contribution in [0.2, 0.25) is 0 Å². The highest BCUT2D eigenvalue weighted by molar-refractivity contribution is 6.03. The predicted octanol–water partition coefficient (Wildman–Crippen LogP) is 4.23. The topological polar surface area (TPSA) is 83.3 Å². The Hall–Kier alpha value is -3.35. The summed E-state index contributed by atoms with van der Waals surface area (Å²) in [6.07, 6.45) is 5.40. The number of carbonyl (C=O) groups is 1. The summed E-state index contributed by atoms with van der Waals surface area (Å²) in [6, 6.07) is 13.4. The summed E-state index contributed by atoms with van der Waals surface area (Å²) in [5, 5.41) is 6.01. The Labute approximate surface area is 170 Å². The van der Waals surface area contributed by atoms with Crippen LogP contribution in [0, 0.1) is 6.92 Å². The number of hydrogen-bond acceptors (Lipinski definition) is 6. The second-order valence-corrected chi connectivity index (χ2v) is 7.20. The van der Waals surface area contributed by atoms with Crippen LogP contribution in [0.3, 0.4) is 0 Å². The Bertz CT molecular complexity index is 948. The normalized spacial score (nSPS) is 13.9. The van der Waals surface area contributed by atoms with Crippen molar-refractivity contribution in [2.24, 2.45) is 0 Å². The van der Waals surface area contributed by atoms with Crippen molar-refractivity contribution in [2.45, 2.75) is 32.7 Å². The van der Waals surface area contributed by atoms with Gasteiger partial charge in [0.1, 0.15) is 11.5 Å². The first-order chi connectivity index (χ1) is 14.2. The van der Waals surface area contributed by atoms with E-state index < -0.39 is 0 Å². The zero-order valence-corrected chi connectivity index (χ0v) is 16.5. The molecular formula is C22H25N5O2. The molecule has 2 aromatic heterocycles. The third-order valence-corrected chi connectivity index (χ3v) is 4.93. The van der Waals surface area contributed by atoms with Gasteiger partial charge in [-0.25, -0.2) is 9.97 Å². The zero-order valence-electron chi connectivity index (χ0n) is 16.5. The van der Waals surface area contributed by atoms with E-state index in [1.807, 2.05) is 31.2 Å². The molecule has 1 fully saturated rings. The van der Waals surface area contributed by atoms with Crippen molar-refractivity contribution < 1.29 is 9.21 Å². The third kappa shape index (κ3) is 4.93. The van der Waals surface area contributed by atoms with E-state index in [2.05, 4.69) is 37.6 Å². The van der Waals surface area contributed by atoms with Gasteiger partial charge in [0.05, 0.1) is 12.8 Å². The van der Waals surface area contributed by atoms with Crippen molar-refractivity contribution >= 4 is 23.2 Å². The Morgan fingerprint density at radius 1 is 1.10 bits per heavy atom. The molecule has 0 spiro atoms. The van der Waals surface area contributed by atoms with Crippen LogP contribution in [0.4, 0.5) is 17.3 Å². The highest BCUT2D eigenvalue weighted by Gasteiger charge is 2.13. The summed E-state index contributed by atoms with van der Waals surface area (Å²) in [5.41, 5.74) is 2.98. The first-order valence-corrected chi connectivity index (χ1v) is 9.96. The van der Waals surface area contributed by atoms with Crippen molar-refractivity contribution in [1.82, 2.24) is 9.97 Å². The molecule has 0 radical (unpaired) electrons. The smallest absolute Gasteiger partial charge is 0.274 e. The molecule has 0 saturated carbocycles. The average Bonchev–Trinajstić information content (AvgIpc) is 3.27. The molecule has 1 aliphatic rings. The minimum absolute atomic E-state index is 0.262. The number of rotatable bonds is 6. The molecule has 1 amide bonds. The molecule has 0 unspecified atom stereocenters. The molecule has 0 atom stereocenters. The number of nitrogens with zero attached hydrogens (tertiary/aromatic N) is 3. The third-order valence-electron chi connectivity index (χ3n) is 4.93. The average molecular weight is 391 g/mol. The Kier molecular flexibility index (Phi) is 5.74. The van der Waals surface area contributed by atoms with Gasteiger partial charge in [0, 0.05) is 30.2 Å². The van der Waals surface area contributed by atoms with Crippen molar-refractivity contribution in [1.29, 1.82) is 0 Å². The van der Waals surface area contributed by atoms with E-state index in [-0.39, 0.29) is 5.91 Å². The lowest BCUT2D eigenvalue weighted by atomic mass is 10.1. The number of carbonyl (C=O) groups excluding carboxylic acids is 1. The summed E-state index contributed by atoms with van der Waals surface area (Å²) in [5.74, 6) is 0.907. The lowest BCUT2D eigenvalue weighted by Gasteiger charge is -2.28. The number of amides is 1. The van der Waals surface area contributed by atoms with Crippen LogP contribution in [-0.2, 0) is 6.54 Å². The van der Waals surface area contributed by atoms with Gasteiger partial charge in [-0.1, -0.05) is 0 Å². The molecule has 0 aliphatic carbocycles. The molecule has 4 rings (SSSR count). The first kappa shape index (κ1) is 19.0. The van der Waals surface area contributed by atoms with Gasteiger partial charge in [-0.2, -0.15) is 0 Å². The van der Waals surface area contributed by atoms with Crippen LogP contribution >= 0.6 is 0 Å². The summed E-state index contributed by atoms with van der Waals surface area (Å²) >= 11 is 0. The SMILES string of the molecule is Cc1cc(C(=O)Nc2ccc(N3CCCCC3)cc2)nc(NCc2ccco2)n1. The maximum absolute atomic E-state index is 12.7. The minimum atomic E-state index is -0.262. The van der Waals surface area contributed by atoms with Gasteiger partial charge in [0.15, 0.2) is 0 Å². The lowest BCUT2D eigenvalue weighted by Crippen LogP contribution is -2.29. The molecule has 2 N–H and O–H groups in total. The maximum Gasteiger partial charge on any atom is 0.274 e. The first-order valence-electron chi connectivity index (χ1n) is 9.96. The van der Waals surface area contributed by atoms with Gasteiger partial charge in [-0.3, -0.25) is 4.79 Å². The Balaban J connectivity index is 1.41. The van der Waals surface area contributed by atoms with E-state index in [1.54, 1.807) is 12.3 Å². The number of aryl methyl sites for hydroxylation is 1. The number of benzene rings is 1. The molecule has 1 aromatic carbocycles. The molecule has 29 heavy (non-hydrogen) atoms. The monoisotopic (exact) mass is 391 g/mol. The molecule has 0 bridgehead atoms. The van der Waals surface area contributed by atoms with E-state index in [0.29, 0.717) is 23.9 Å². The van der Waals surface area contributed by atoms with Crippen molar-refractivity contribution in [3.05, 3.63) is 65.9 Å². The van der Waals surface area contributed by atoms with Crippen LogP contribution in [0.1, 0.15) is 41.2 Å². The molecule has 3 heterocycles.